The topological polar surface area (TPSA) is 80.3 Å². The van der Waals surface area contributed by atoms with Crippen LogP contribution in [-0.4, -0.2) is 16.1 Å². The van der Waals surface area contributed by atoms with Gasteiger partial charge in [-0.2, -0.15) is 5.26 Å². The van der Waals surface area contributed by atoms with Crippen molar-refractivity contribution in [1.29, 1.82) is 10.5 Å². The van der Waals surface area contributed by atoms with Crippen LogP contribution in [0.3, 0.4) is 0 Å². The number of hydrogen-bond acceptors (Lipinski definition) is 6. The predicted octanol–water partition coefficient (Wildman–Crippen LogP) is 23.1. The fraction of sp³-hybridized carbons (Fsp3) is 0.0556. The van der Waals surface area contributed by atoms with E-state index in [1.165, 1.54) is 41.5 Å². The first kappa shape index (κ1) is 70.7. The first-order valence-corrected chi connectivity index (χ1v) is 44.4. The van der Waals surface area contributed by atoms with Crippen LogP contribution in [-0.2, 0) is 0 Å². The van der Waals surface area contributed by atoms with Crippen LogP contribution in [0.5, 0.6) is 0 Å². The fourth-order valence-electron chi connectivity index (χ4n) is 19.4. The van der Waals surface area contributed by atoms with Crippen molar-refractivity contribution in [1.82, 2.24) is 0 Å². The summed E-state index contributed by atoms with van der Waals surface area (Å²) in [6, 6.07) is 147. The first-order valence-electron chi connectivity index (χ1n) is 40.1. The van der Waals surface area contributed by atoms with Gasteiger partial charge in [0, 0.05) is 16.3 Å². The van der Waals surface area contributed by atoms with E-state index in [9.17, 15) is 10.5 Å². The number of nitrogens with zero attached hydrogens (tertiary/aromatic N) is 4. The summed E-state index contributed by atoms with van der Waals surface area (Å²) < 4.78 is 14.5. The van der Waals surface area contributed by atoms with Gasteiger partial charge in [-0.3, -0.25) is 0 Å². The van der Waals surface area contributed by atoms with Gasteiger partial charge in [0.25, 0.3) is 0 Å². The third kappa shape index (κ3) is 11.2. The molecule has 0 unspecified atom stereocenters. The van der Waals surface area contributed by atoms with Gasteiger partial charge in [0.05, 0.1) is 16.9 Å². The molecule has 0 aliphatic rings. The molecule has 0 fully saturated rings. The summed E-state index contributed by atoms with van der Waals surface area (Å²) in [5.41, 5.74) is 14.8. The van der Waals surface area contributed by atoms with Gasteiger partial charge in [-0.25, -0.2) is 0 Å². The molecule has 6 nitrogen and oxygen atoms in total. The molecular weight excluding hydrogens is 1440 g/mol. The molecule has 0 bridgehead atoms. The predicted molar refractivity (Wildman–Crippen MR) is 491 cm³/mol. The van der Waals surface area contributed by atoms with E-state index in [0.29, 0.717) is 22.3 Å². The molecule has 8 heteroatoms. The molecule has 0 radical (unpaired) electrons. The van der Waals surface area contributed by atoms with Crippen LogP contribution in [0.2, 0.25) is 0 Å². The Morgan fingerprint density at radius 2 is 0.621 bits per heavy atom. The zero-order chi connectivity index (χ0) is 78.2. The van der Waals surface area contributed by atoms with Gasteiger partial charge in [0.2, 0.25) is 0 Å². The SMILES string of the molecule is CC(C)c1cc(N(c2c(C#N)cccc2-c2cccc([Si](c3ccccc3)(c3ccccc3)c3ccccc3)c2)c2cccc3c2oc2ccccc23)c2ccc3c(C(C)C)cc(N(c4c(C#N)cccc4-c4cccc([SiH-](c5ccccc5)(c5ccccc5)c5ccccc5)c4)c4cccc5c4oc4ccccc45)c4ccc1c2c34. The molecule has 116 heavy (non-hydrogen) atoms. The quantitative estimate of drug-likeness (QED) is 0.0484. The maximum absolute atomic E-state index is 12.1. The summed E-state index contributed by atoms with van der Waals surface area (Å²) >= 11 is 0. The van der Waals surface area contributed by atoms with E-state index in [1.807, 2.05) is 48.5 Å². The van der Waals surface area contributed by atoms with E-state index in [2.05, 4.69) is 389 Å². The molecule has 20 aromatic rings. The molecule has 0 saturated carbocycles. The number of anilines is 6. The molecule has 0 saturated heterocycles. The summed E-state index contributed by atoms with van der Waals surface area (Å²) in [4.78, 5) is 4.74. The van der Waals surface area contributed by atoms with Crippen molar-refractivity contribution < 1.29 is 8.83 Å². The molecule has 2 heterocycles. The molecule has 2 aromatic heterocycles. The van der Waals surface area contributed by atoms with Crippen molar-refractivity contribution >= 4 is 168 Å². The number of nitriles is 2. The third-order valence-electron chi connectivity index (χ3n) is 24.5. The fourth-order valence-corrected chi connectivity index (χ4v) is 29.8. The van der Waals surface area contributed by atoms with Crippen molar-refractivity contribution in [3.05, 3.63) is 411 Å². The Morgan fingerprint density at radius 3 is 1.03 bits per heavy atom. The van der Waals surface area contributed by atoms with Crippen LogP contribution in [0.25, 0.3) is 98.4 Å². The normalized spacial score (nSPS) is 12.1. The minimum atomic E-state index is -3.55. The number of rotatable bonds is 18. The molecule has 0 aliphatic carbocycles. The van der Waals surface area contributed by atoms with Crippen molar-refractivity contribution in [3.63, 3.8) is 0 Å². The van der Waals surface area contributed by atoms with Gasteiger partial charge < -0.3 is 9.32 Å². The number of hydrogen-bond donors (Lipinski definition) is 0. The number of benzene rings is 18. The summed E-state index contributed by atoms with van der Waals surface area (Å²) in [6.07, 6.45) is 0. The van der Waals surface area contributed by atoms with Crippen LogP contribution in [0, 0.1) is 22.7 Å². The molecule has 0 aliphatic heterocycles. The van der Waals surface area contributed by atoms with Gasteiger partial charge in [-0.05, 0) is 56.5 Å². The monoisotopic (exact) mass is 1520 g/mol. The zero-order valence-corrected chi connectivity index (χ0v) is 66.9. The molecule has 0 amide bonds. The average molecular weight is 1520 g/mol. The second-order valence-corrected chi connectivity index (χ2v) is 39.5. The summed E-state index contributed by atoms with van der Waals surface area (Å²) in [6.45, 7) is 9.19. The van der Waals surface area contributed by atoms with Crippen LogP contribution < -0.4 is 51.3 Å². The Hall–Kier alpha value is -14.4. The van der Waals surface area contributed by atoms with Gasteiger partial charge in [-0.1, -0.05) is 172 Å². The summed E-state index contributed by atoms with van der Waals surface area (Å²) in [5.74, 6) is 0.0220. The molecular formula is C108H79N4O2Si2-. The molecule has 552 valence electrons. The summed E-state index contributed by atoms with van der Waals surface area (Å²) in [7, 11) is -6.64. The Bertz CT molecular complexity index is 6620. The van der Waals surface area contributed by atoms with E-state index in [-0.39, 0.29) is 11.8 Å². The van der Waals surface area contributed by atoms with Crippen LogP contribution in [0.4, 0.5) is 34.1 Å². The molecule has 0 spiro atoms. The van der Waals surface area contributed by atoms with Crippen molar-refractivity contribution in [2.45, 2.75) is 39.5 Å². The Kier molecular flexibility index (Phi) is 17.7. The van der Waals surface area contributed by atoms with Gasteiger partial charge in [0.1, 0.15) is 11.7 Å². The van der Waals surface area contributed by atoms with Crippen LogP contribution >= 0.6 is 0 Å². The molecule has 18 aromatic carbocycles. The molecule has 0 N–H and O–H groups in total. The standard InChI is InChI=1S/C108H79N4O2Si2/c1-71(2)95-67-99(111(97-57-31-55-91-87-51-23-25-59-101(87)113-107(91)97)105-75(69-109)35-29-53-85(105)73-33-27-49-83(65-73)115(77-37-11-5-12-38-77,78-39-13-6-14-40-78)79-41-15-7-16-42-79)93-64-62-90-96(72(3)4)68-100(94-63-61-89(95)103(93)104(90)94)112(98-58-32-56-92-88-52-24-26-60-102(88)114-108(92)98)106-76(70-110)36-30-54-86(106)74-34-28-50-84(66-74)116(80-43-17-8-18-44-80,81-45-19-9-20-46-81)82-47-21-10-22-48-82/h5-68,71-72,115H,1-4H3/q-1. The van der Waals surface area contributed by atoms with Crippen LogP contribution in [0.1, 0.15) is 61.8 Å². The number of fused-ring (bicyclic) bond motifs is 6. The van der Waals surface area contributed by atoms with Crippen molar-refractivity contribution in [2.24, 2.45) is 0 Å². The minimum absolute atomic E-state index is 0.0108. The van der Waals surface area contributed by atoms with E-state index in [4.69, 9.17) is 8.83 Å². The molecule has 0 atom stereocenters. The van der Waals surface area contributed by atoms with Gasteiger partial charge in [0.15, 0.2) is 13.7 Å². The van der Waals surface area contributed by atoms with Gasteiger partial charge >= 0.3 is 380 Å². The Labute approximate surface area is 676 Å². The van der Waals surface area contributed by atoms with E-state index >= 15 is 0 Å². The molecule has 20 rings (SSSR count). The first-order chi connectivity index (χ1) is 57.1. The van der Waals surface area contributed by atoms with Crippen molar-refractivity contribution in [2.75, 3.05) is 9.80 Å². The third-order valence-corrected chi connectivity index (χ3v) is 34.8. The second kappa shape index (κ2) is 29.0. The second-order valence-electron chi connectivity index (χ2n) is 31.3. The number of furan rings is 2. The summed E-state index contributed by atoms with van der Waals surface area (Å²) in [5, 5.41) is 44.7. The Morgan fingerprint density at radius 1 is 0.284 bits per heavy atom. The maximum atomic E-state index is 12.1. The van der Waals surface area contributed by atoms with Gasteiger partial charge in [-0.15, -0.1) is 0 Å². The Balaban J connectivity index is 0.882. The van der Waals surface area contributed by atoms with Crippen molar-refractivity contribution in [3.8, 4) is 34.4 Å². The zero-order valence-electron chi connectivity index (χ0n) is 64.8. The van der Waals surface area contributed by atoms with Crippen LogP contribution in [0.15, 0.2) is 397 Å². The number of para-hydroxylation sites is 6. The van der Waals surface area contributed by atoms with E-state index in [0.717, 1.165) is 133 Å². The van der Waals surface area contributed by atoms with E-state index < -0.39 is 16.1 Å². The average Bonchev–Trinajstić information content (AvgIpc) is 0.842. The van der Waals surface area contributed by atoms with E-state index in [1.54, 1.807) is 0 Å².